The van der Waals surface area contributed by atoms with Crippen molar-refractivity contribution < 1.29 is 0 Å². The molecule has 2 heteroatoms. The van der Waals surface area contributed by atoms with Crippen LogP contribution in [-0.4, -0.2) is 0 Å². The van der Waals surface area contributed by atoms with Gasteiger partial charge in [-0.3, -0.25) is 0 Å². The molecule has 0 radical (unpaired) electrons. The van der Waals surface area contributed by atoms with Gasteiger partial charge in [0.2, 0.25) is 0 Å². The minimum atomic E-state index is -0.708. The van der Waals surface area contributed by atoms with Crippen molar-refractivity contribution in [2.24, 2.45) is 0 Å². The molecule has 5 aliphatic rings. The summed E-state index contributed by atoms with van der Waals surface area (Å²) in [6.07, 6.45) is 26.4. The van der Waals surface area contributed by atoms with Gasteiger partial charge in [-0.15, -0.1) is 0 Å². The van der Waals surface area contributed by atoms with Gasteiger partial charge in [0.25, 0.3) is 0 Å². The van der Waals surface area contributed by atoms with E-state index in [2.05, 4.69) is 240 Å². The Hall–Kier alpha value is -8.20. The van der Waals surface area contributed by atoms with Crippen LogP contribution in [0.4, 0.5) is 34.1 Å². The van der Waals surface area contributed by atoms with E-state index in [1.807, 2.05) is 0 Å². The van der Waals surface area contributed by atoms with Gasteiger partial charge in [0.1, 0.15) is 0 Å². The molecule has 0 amide bonds. The zero-order valence-corrected chi connectivity index (χ0v) is 50.8. The molecule has 2 nitrogen and oxygen atoms in total. The molecule has 16 rings (SSSR count). The summed E-state index contributed by atoms with van der Waals surface area (Å²) in [6, 6.07) is 91.1. The van der Waals surface area contributed by atoms with E-state index in [1.54, 1.807) is 0 Å². The number of anilines is 6. The topological polar surface area (TPSA) is 6.48 Å². The highest BCUT2D eigenvalue weighted by molar-refractivity contribution is 6.24. The van der Waals surface area contributed by atoms with Crippen molar-refractivity contribution in [2.75, 3.05) is 9.80 Å². The van der Waals surface area contributed by atoms with Crippen molar-refractivity contribution >= 4 is 66.4 Å². The zero-order valence-electron chi connectivity index (χ0n) is 50.8. The van der Waals surface area contributed by atoms with Crippen LogP contribution in [0.15, 0.2) is 231 Å². The lowest BCUT2D eigenvalue weighted by molar-refractivity contribution is 0.443. The second kappa shape index (κ2) is 23.5. The third-order valence-electron chi connectivity index (χ3n) is 21.9. The fourth-order valence-electron chi connectivity index (χ4n) is 17.6. The largest absolute Gasteiger partial charge is 0.310 e. The molecule has 5 aliphatic carbocycles. The summed E-state index contributed by atoms with van der Waals surface area (Å²) in [5.41, 5.74) is 20.3. The zero-order chi connectivity index (χ0) is 57.7. The summed E-state index contributed by atoms with van der Waals surface area (Å²) >= 11 is 0. The van der Waals surface area contributed by atoms with Crippen molar-refractivity contribution in [1.29, 1.82) is 0 Å². The second-order valence-electron chi connectivity index (χ2n) is 26.7. The summed E-state index contributed by atoms with van der Waals surface area (Å²) in [7, 11) is 0. The van der Waals surface area contributed by atoms with Crippen molar-refractivity contribution in [3.63, 3.8) is 0 Å². The summed E-state index contributed by atoms with van der Waals surface area (Å²) in [6.45, 7) is 0. The summed E-state index contributed by atoms with van der Waals surface area (Å²) in [5, 5.41) is 7.67. The maximum Gasteiger partial charge on any atom is 0.0720 e. The third kappa shape index (κ3) is 9.69. The molecule has 11 aromatic rings. The Balaban J connectivity index is 0.939. The van der Waals surface area contributed by atoms with Crippen LogP contribution in [0.1, 0.15) is 197 Å². The predicted molar refractivity (Wildman–Crippen MR) is 369 cm³/mol. The Morgan fingerprint density at radius 2 is 0.598 bits per heavy atom. The molecule has 0 atom stereocenters. The molecule has 0 heterocycles. The van der Waals surface area contributed by atoms with Crippen LogP contribution in [0.5, 0.6) is 0 Å². The van der Waals surface area contributed by atoms with Gasteiger partial charge in [0.15, 0.2) is 0 Å². The Morgan fingerprint density at radius 1 is 0.253 bits per heavy atom. The first-order valence-electron chi connectivity index (χ1n) is 33.8. The first-order valence-corrected chi connectivity index (χ1v) is 33.8. The van der Waals surface area contributed by atoms with E-state index < -0.39 is 5.41 Å². The number of benzene rings is 11. The molecule has 4 fully saturated rings. The van der Waals surface area contributed by atoms with Gasteiger partial charge in [-0.25, -0.2) is 0 Å². The van der Waals surface area contributed by atoms with Crippen LogP contribution in [0.25, 0.3) is 43.4 Å². The molecule has 87 heavy (non-hydrogen) atoms. The lowest BCUT2D eigenvalue weighted by Crippen LogP contribution is -2.29. The van der Waals surface area contributed by atoms with Crippen LogP contribution >= 0.6 is 0 Å². The average Bonchev–Trinajstić information content (AvgIpc) is 1.53. The van der Waals surface area contributed by atoms with Crippen LogP contribution in [0, 0.1) is 0 Å². The van der Waals surface area contributed by atoms with E-state index in [9.17, 15) is 0 Å². The van der Waals surface area contributed by atoms with Gasteiger partial charge in [0, 0.05) is 33.8 Å². The maximum atomic E-state index is 2.65. The molecule has 0 aromatic heterocycles. The highest BCUT2D eigenvalue weighted by Gasteiger charge is 2.49. The standard InChI is InChI=1S/C85H82N2/c1-7-23-59(24-8-1)63-39-47-69(48-40-63)86(70-49-41-64(42-50-70)60-25-9-2-10-26-60)73-55-56-78-79(57-73)74-35-19-21-37-76(74)83-82-77-38-22-20-36-75(77)81(58-80(82)85(84(78)83,67-31-15-5-16-32-67)68-33-17-6-18-34-68)87(71-51-43-65(44-52-71)61-27-11-3-12-28-61)72-53-45-66(46-54-72)62-29-13-4-14-30-62/h5-6,15-22,31-62H,1-4,7-14,23-30H2. The van der Waals surface area contributed by atoms with Gasteiger partial charge >= 0.3 is 0 Å². The van der Waals surface area contributed by atoms with Crippen LogP contribution in [-0.2, 0) is 5.41 Å². The minimum Gasteiger partial charge on any atom is -0.310 e. The lowest BCUT2D eigenvalue weighted by Gasteiger charge is -2.36. The smallest absolute Gasteiger partial charge is 0.0720 e. The van der Waals surface area contributed by atoms with Gasteiger partial charge in [-0.2, -0.15) is 0 Å². The number of hydrogen-bond acceptors (Lipinski definition) is 2. The average molecular weight is 1130 g/mol. The number of fused-ring (bicyclic) bond motifs is 10. The minimum absolute atomic E-state index is 0.631. The Morgan fingerprint density at radius 3 is 1.01 bits per heavy atom. The Labute approximate surface area is 516 Å². The van der Waals surface area contributed by atoms with Gasteiger partial charge in [0.05, 0.1) is 11.1 Å². The molecule has 11 aromatic carbocycles. The molecule has 0 spiro atoms. The molecule has 4 saturated carbocycles. The maximum absolute atomic E-state index is 2.65. The lowest BCUT2D eigenvalue weighted by atomic mass is 9.66. The molecular weight excluding hydrogens is 1050 g/mol. The first-order chi connectivity index (χ1) is 43.2. The van der Waals surface area contributed by atoms with E-state index in [1.165, 1.54) is 250 Å². The highest BCUT2D eigenvalue weighted by atomic mass is 15.1. The molecular formula is C85H82N2. The Kier molecular flexibility index (Phi) is 14.6. The number of rotatable bonds is 12. The van der Waals surface area contributed by atoms with E-state index in [0.717, 1.165) is 0 Å². The monoisotopic (exact) mass is 1130 g/mol. The Bertz CT molecular complexity index is 4050. The summed E-state index contributed by atoms with van der Waals surface area (Å²) in [5.74, 6) is 2.56. The SMILES string of the molecule is c1ccc(C2(c3ccccc3)c3cc(N(c4ccc(C5CCCCC5)cc4)c4ccc(C5CCCCC5)cc4)c4ccccc4c3-c3c2c2ccc(N(c4ccc(C5CCCCC5)cc4)c4ccc(C5CCCCC5)cc4)cc2c2ccccc32)cc1. The first kappa shape index (κ1) is 54.2. The van der Waals surface area contributed by atoms with Crippen LogP contribution in [0.3, 0.4) is 0 Å². The van der Waals surface area contributed by atoms with Gasteiger partial charge in [-0.05, 0) is 224 Å². The molecule has 0 unspecified atom stereocenters. The highest BCUT2D eigenvalue weighted by Crippen LogP contribution is 2.63. The van der Waals surface area contributed by atoms with Crippen LogP contribution < -0.4 is 9.80 Å². The van der Waals surface area contributed by atoms with E-state index in [-0.39, 0.29) is 0 Å². The predicted octanol–water partition coefficient (Wildman–Crippen LogP) is 24.6. The number of hydrogen-bond donors (Lipinski definition) is 0. The molecule has 432 valence electrons. The van der Waals surface area contributed by atoms with Crippen molar-refractivity contribution in [2.45, 2.75) is 158 Å². The molecule has 0 bridgehead atoms. The van der Waals surface area contributed by atoms with Gasteiger partial charge in [-0.1, -0.05) is 241 Å². The van der Waals surface area contributed by atoms with E-state index in [4.69, 9.17) is 0 Å². The second-order valence-corrected chi connectivity index (χ2v) is 26.7. The number of nitrogens with zero attached hydrogens (tertiary/aromatic N) is 2. The molecule has 0 N–H and O–H groups in total. The van der Waals surface area contributed by atoms with E-state index in [0.29, 0.717) is 23.7 Å². The fraction of sp³-hybridized carbons (Fsp3) is 0.294. The quantitative estimate of drug-likeness (QED) is 0.113. The summed E-state index contributed by atoms with van der Waals surface area (Å²) in [4.78, 5) is 5.16. The molecule has 0 saturated heterocycles. The fourth-order valence-corrected chi connectivity index (χ4v) is 17.6. The summed E-state index contributed by atoms with van der Waals surface area (Å²) < 4.78 is 0. The van der Waals surface area contributed by atoms with Crippen molar-refractivity contribution in [3.8, 4) is 11.1 Å². The molecule has 0 aliphatic heterocycles. The third-order valence-corrected chi connectivity index (χ3v) is 21.9. The van der Waals surface area contributed by atoms with Crippen LogP contribution in [0.2, 0.25) is 0 Å². The normalized spacial score (nSPS) is 17.6. The van der Waals surface area contributed by atoms with Crippen molar-refractivity contribution in [3.05, 3.63) is 275 Å². The van der Waals surface area contributed by atoms with E-state index >= 15 is 0 Å². The van der Waals surface area contributed by atoms with Crippen molar-refractivity contribution in [1.82, 2.24) is 0 Å². The van der Waals surface area contributed by atoms with Gasteiger partial charge < -0.3 is 9.80 Å².